The van der Waals surface area contributed by atoms with Crippen molar-refractivity contribution < 1.29 is 22.1 Å². The lowest BCUT2D eigenvalue weighted by Gasteiger charge is -2.04. The lowest BCUT2D eigenvalue weighted by atomic mass is 10.3. The van der Waals surface area contributed by atoms with Gasteiger partial charge in [-0.1, -0.05) is 18.2 Å². The van der Waals surface area contributed by atoms with Crippen LogP contribution in [0.25, 0.3) is 0 Å². The van der Waals surface area contributed by atoms with Gasteiger partial charge in [0.05, 0.1) is 12.2 Å². The zero-order valence-electron chi connectivity index (χ0n) is 10.1. The van der Waals surface area contributed by atoms with Gasteiger partial charge in [-0.2, -0.15) is 8.42 Å². The summed E-state index contributed by atoms with van der Waals surface area (Å²) in [7, 11) is -3.89. The monoisotopic (exact) mass is 270 g/mol. The molecular weight excluding hydrogens is 256 g/mol. The van der Waals surface area contributed by atoms with E-state index in [9.17, 15) is 13.2 Å². The zero-order valence-corrected chi connectivity index (χ0v) is 10.9. The van der Waals surface area contributed by atoms with E-state index in [1.807, 2.05) is 0 Å². The SMILES string of the molecule is CCOC(=O)C(C)=COS(=O)(=O)c1ccccc1. The maximum atomic E-state index is 11.7. The van der Waals surface area contributed by atoms with Gasteiger partial charge in [-0.3, -0.25) is 0 Å². The van der Waals surface area contributed by atoms with Crippen LogP contribution in [0.2, 0.25) is 0 Å². The van der Waals surface area contributed by atoms with E-state index >= 15 is 0 Å². The fraction of sp³-hybridized carbons (Fsp3) is 0.250. The molecule has 0 spiro atoms. The van der Waals surface area contributed by atoms with Gasteiger partial charge in [0.15, 0.2) is 0 Å². The molecule has 0 amide bonds. The van der Waals surface area contributed by atoms with E-state index in [4.69, 9.17) is 4.74 Å². The predicted octanol–water partition coefficient (Wildman–Crippen LogP) is 1.86. The van der Waals surface area contributed by atoms with Gasteiger partial charge >= 0.3 is 16.1 Å². The standard InChI is InChI=1S/C12H14O5S/c1-3-16-12(13)10(2)9-17-18(14,15)11-7-5-4-6-8-11/h4-9H,3H2,1-2H3. The highest BCUT2D eigenvalue weighted by Crippen LogP contribution is 2.12. The third-order valence-corrected chi connectivity index (χ3v) is 3.18. The summed E-state index contributed by atoms with van der Waals surface area (Å²) >= 11 is 0. The van der Waals surface area contributed by atoms with E-state index in [-0.39, 0.29) is 17.1 Å². The first kappa shape index (κ1) is 14.2. The van der Waals surface area contributed by atoms with Crippen LogP contribution in [0.1, 0.15) is 13.8 Å². The molecule has 0 aliphatic rings. The summed E-state index contributed by atoms with van der Waals surface area (Å²) in [6, 6.07) is 7.67. The van der Waals surface area contributed by atoms with Crippen molar-refractivity contribution in [1.29, 1.82) is 0 Å². The first-order valence-corrected chi connectivity index (χ1v) is 6.70. The second-order valence-corrected chi connectivity index (χ2v) is 4.96. The number of rotatable bonds is 5. The van der Waals surface area contributed by atoms with Crippen LogP contribution in [0, 0.1) is 0 Å². The van der Waals surface area contributed by atoms with Crippen LogP contribution >= 0.6 is 0 Å². The van der Waals surface area contributed by atoms with E-state index in [1.165, 1.54) is 19.1 Å². The number of hydrogen-bond acceptors (Lipinski definition) is 5. The van der Waals surface area contributed by atoms with Gasteiger partial charge in [-0.25, -0.2) is 4.79 Å². The molecule has 1 aromatic rings. The fourth-order valence-electron chi connectivity index (χ4n) is 1.07. The van der Waals surface area contributed by atoms with Crippen molar-refractivity contribution in [2.75, 3.05) is 6.61 Å². The summed E-state index contributed by atoms with van der Waals surface area (Å²) in [5, 5.41) is 0. The van der Waals surface area contributed by atoms with Gasteiger partial charge < -0.3 is 8.92 Å². The molecule has 0 aromatic heterocycles. The molecule has 0 heterocycles. The van der Waals surface area contributed by atoms with Gasteiger partial charge in [0, 0.05) is 0 Å². The van der Waals surface area contributed by atoms with Crippen molar-refractivity contribution in [3.63, 3.8) is 0 Å². The average Bonchev–Trinajstić information content (AvgIpc) is 2.37. The summed E-state index contributed by atoms with van der Waals surface area (Å²) < 4.78 is 32.7. The number of esters is 1. The summed E-state index contributed by atoms with van der Waals surface area (Å²) in [6.45, 7) is 3.29. The number of ether oxygens (including phenoxy) is 1. The Morgan fingerprint density at radius 1 is 1.28 bits per heavy atom. The summed E-state index contributed by atoms with van der Waals surface area (Å²) in [5.41, 5.74) is 0.0800. The van der Waals surface area contributed by atoms with E-state index in [2.05, 4.69) is 4.18 Å². The van der Waals surface area contributed by atoms with E-state index in [1.54, 1.807) is 25.1 Å². The predicted molar refractivity (Wildman–Crippen MR) is 65.1 cm³/mol. The Labute approximate surface area is 106 Å². The molecule has 0 radical (unpaired) electrons. The van der Waals surface area contributed by atoms with Crippen molar-refractivity contribution in [2.45, 2.75) is 18.7 Å². The Kier molecular flexibility index (Phi) is 4.91. The van der Waals surface area contributed by atoms with Crippen molar-refractivity contribution >= 4 is 16.1 Å². The number of benzene rings is 1. The first-order valence-electron chi connectivity index (χ1n) is 5.29. The van der Waals surface area contributed by atoms with Gasteiger partial charge in [-0.05, 0) is 26.0 Å². The lowest BCUT2D eigenvalue weighted by molar-refractivity contribution is -0.138. The fourth-order valence-corrected chi connectivity index (χ4v) is 1.94. The third-order valence-electron chi connectivity index (χ3n) is 1.98. The number of carbonyl (C=O) groups excluding carboxylic acids is 1. The smallest absolute Gasteiger partial charge is 0.338 e. The van der Waals surface area contributed by atoms with Crippen LogP contribution in [0.4, 0.5) is 0 Å². The maximum Gasteiger partial charge on any atom is 0.338 e. The number of hydrogen-bond donors (Lipinski definition) is 0. The molecule has 1 rings (SSSR count). The lowest BCUT2D eigenvalue weighted by Crippen LogP contribution is -2.08. The maximum absolute atomic E-state index is 11.7. The van der Waals surface area contributed by atoms with Crippen LogP contribution < -0.4 is 0 Å². The largest absolute Gasteiger partial charge is 0.463 e. The second-order valence-electron chi connectivity index (χ2n) is 3.38. The van der Waals surface area contributed by atoms with Crippen LogP contribution in [-0.2, 0) is 23.8 Å². The minimum absolute atomic E-state index is 0.0258. The van der Waals surface area contributed by atoms with Crippen molar-refractivity contribution in [3.8, 4) is 0 Å². The molecular formula is C12H14O5S. The highest BCUT2D eigenvalue weighted by atomic mass is 32.2. The topological polar surface area (TPSA) is 69.7 Å². The minimum atomic E-state index is -3.89. The molecule has 0 saturated carbocycles. The molecule has 5 nitrogen and oxygen atoms in total. The Balaban J connectivity index is 2.80. The third kappa shape index (κ3) is 3.89. The molecule has 18 heavy (non-hydrogen) atoms. The molecule has 0 fully saturated rings. The van der Waals surface area contributed by atoms with E-state index in [0.29, 0.717) is 0 Å². The van der Waals surface area contributed by atoms with Crippen molar-refractivity contribution in [3.05, 3.63) is 42.2 Å². The van der Waals surface area contributed by atoms with Gasteiger partial charge in [0.25, 0.3) is 0 Å². The molecule has 1 aromatic carbocycles. The highest BCUT2D eigenvalue weighted by Gasteiger charge is 2.14. The highest BCUT2D eigenvalue weighted by molar-refractivity contribution is 7.86. The Morgan fingerprint density at radius 2 is 1.89 bits per heavy atom. The van der Waals surface area contributed by atoms with E-state index in [0.717, 1.165) is 6.26 Å². The summed E-state index contributed by atoms with van der Waals surface area (Å²) in [6.07, 6.45) is 0.875. The van der Waals surface area contributed by atoms with Crippen LogP contribution in [0.15, 0.2) is 47.1 Å². The average molecular weight is 270 g/mol. The van der Waals surface area contributed by atoms with Gasteiger partial charge in [-0.15, -0.1) is 0 Å². The van der Waals surface area contributed by atoms with Crippen molar-refractivity contribution in [1.82, 2.24) is 0 Å². The molecule has 0 unspecified atom stereocenters. The minimum Gasteiger partial charge on any atom is -0.463 e. The quantitative estimate of drug-likeness (QED) is 0.353. The Bertz CT molecular complexity index is 531. The van der Waals surface area contributed by atoms with Crippen LogP contribution in [-0.4, -0.2) is 21.0 Å². The molecule has 0 aliphatic carbocycles. The first-order chi connectivity index (χ1) is 8.47. The van der Waals surface area contributed by atoms with Crippen LogP contribution in [0.5, 0.6) is 0 Å². The van der Waals surface area contributed by atoms with Gasteiger partial charge in [0.2, 0.25) is 0 Å². The van der Waals surface area contributed by atoms with Gasteiger partial charge in [0.1, 0.15) is 11.2 Å². The molecule has 0 N–H and O–H groups in total. The second kappa shape index (κ2) is 6.20. The molecule has 0 saturated heterocycles. The molecule has 0 bridgehead atoms. The summed E-state index contributed by atoms with van der Waals surface area (Å²) in [4.78, 5) is 11.3. The van der Waals surface area contributed by atoms with Crippen molar-refractivity contribution in [2.24, 2.45) is 0 Å². The Morgan fingerprint density at radius 3 is 2.44 bits per heavy atom. The van der Waals surface area contributed by atoms with E-state index < -0.39 is 16.1 Å². The number of carbonyl (C=O) groups is 1. The zero-order chi connectivity index (χ0) is 13.6. The normalized spacial score (nSPS) is 12.0. The molecule has 98 valence electrons. The van der Waals surface area contributed by atoms with Crippen LogP contribution in [0.3, 0.4) is 0 Å². The molecule has 0 aliphatic heterocycles. The molecule has 0 atom stereocenters. The Hall–Kier alpha value is -1.82. The molecule has 6 heteroatoms. The summed E-state index contributed by atoms with van der Waals surface area (Å²) in [5.74, 6) is -0.610.